The SMILES string of the molecule is Nc1ccc(-c2c3nc(c(-c4ccc(N)cc4)c4ccc([n-]4)c(-c4ccc(N)cc4)c4nc(c(-c5ccc(N)cc5)c5ccc2[n-]5)C=C4)C=C3)cc1.[Mn+2]. The van der Waals surface area contributed by atoms with Crippen LogP contribution in [-0.4, -0.2) is 9.97 Å². The molecule has 0 saturated carbocycles. The van der Waals surface area contributed by atoms with Gasteiger partial charge in [0.2, 0.25) is 0 Å². The molecule has 9 rings (SSSR count). The summed E-state index contributed by atoms with van der Waals surface area (Å²) in [4.78, 5) is 21.1. The monoisotopic (exact) mass is 727 g/mol. The molecule has 0 saturated heterocycles. The van der Waals surface area contributed by atoms with Crippen LogP contribution in [0.1, 0.15) is 22.8 Å². The fourth-order valence-electron chi connectivity index (χ4n) is 6.87. The van der Waals surface area contributed by atoms with Crippen molar-refractivity contribution in [1.82, 2.24) is 19.9 Å². The molecular weight excluding hydrogens is 695 g/mol. The van der Waals surface area contributed by atoms with Gasteiger partial charge in [0, 0.05) is 22.7 Å². The number of benzene rings is 4. The quantitative estimate of drug-likeness (QED) is 0.103. The Morgan fingerprint density at radius 2 is 0.509 bits per heavy atom. The number of aromatic nitrogens is 4. The van der Waals surface area contributed by atoms with Gasteiger partial charge in [0.1, 0.15) is 0 Å². The number of hydrogen-bond donors (Lipinski definition) is 4. The van der Waals surface area contributed by atoms with Crippen molar-refractivity contribution in [3.8, 4) is 44.5 Å². The first kappa shape index (κ1) is 33.3. The first-order valence-corrected chi connectivity index (χ1v) is 16.9. The summed E-state index contributed by atoms with van der Waals surface area (Å²) < 4.78 is 0. The normalized spacial score (nSPS) is 11.8. The van der Waals surface area contributed by atoms with Gasteiger partial charge in [-0.15, -0.1) is 22.1 Å². The number of hydrogen-bond acceptors (Lipinski definition) is 6. The zero-order valence-corrected chi connectivity index (χ0v) is 29.5. The Morgan fingerprint density at radius 3 is 0.717 bits per heavy atom. The summed E-state index contributed by atoms with van der Waals surface area (Å²) in [6, 6.07) is 39.4. The van der Waals surface area contributed by atoms with Gasteiger partial charge in [0.25, 0.3) is 0 Å². The Balaban J connectivity index is 0.00000400. The van der Waals surface area contributed by atoms with Gasteiger partial charge in [-0.2, -0.15) is 0 Å². The maximum atomic E-state index is 6.13. The standard InChI is InChI=1S/C44H32N8.Mn/c45-29-9-1-25(2-10-29)41-33-17-19-35(49-33)42(26-3-11-30(46)12-4-26)37-21-23-39(51-37)44(28-7-15-32(48)16-8-28)40-24-22-38(52-40)43(36-20-18-34(41)50-36)27-5-13-31(47)14-6-27;/h1-24H,45-48H2;/q-2;+2. The van der Waals surface area contributed by atoms with E-state index < -0.39 is 0 Å². The maximum absolute atomic E-state index is 6.13. The van der Waals surface area contributed by atoms with E-state index in [1.165, 1.54) is 0 Å². The van der Waals surface area contributed by atoms with Crippen LogP contribution in [0.25, 0.3) is 90.9 Å². The van der Waals surface area contributed by atoms with Gasteiger partial charge < -0.3 is 32.9 Å². The third-order valence-electron chi connectivity index (χ3n) is 9.41. The van der Waals surface area contributed by atoms with E-state index in [-0.39, 0.29) is 17.1 Å². The minimum absolute atomic E-state index is 0. The summed E-state index contributed by atoms with van der Waals surface area (Å²) in [6.45, 7) is 0. The Labute approximate surface area is 316 Å². The molecule has 4 aromatic carbocycles. The molecule has 0 spiro atoms. The largest absolute Gasteiger partial charge is 2.00 e. The molecule has 7 aromatic rings. The molecule has 8 nitrogen and oxygen atoms in total. The first-order chi connectivity index (χ1) is 25.4. The van der Waals surface area contributed by atoms with E-state index in [9.17, 15) is 0 Å². The third-order valence-corrected chi connectivity index (χ3v) is 9.41. The number of nitrogens with zero attached hydrogens (tertiary/aromatic N) is 4. The molecule has 1 radical (unpaired) electrons. The minimum atomic E-state index is 0. The van der Waals surface area contributed by atoms with Crippen LogP contribution in [0.3, 0.4) is 0 Å². The molecular formula is C44H32MnN8. The van der Waals surface area contributed by atoms with Gasteiger partial charge in [-0.25, -0.2) is 9.97 Å². The molecule has 255 valence electrons. The van der Waals surface area contributed by atoms with E-state index in [1.54, 1.807) is 0 Å². The van der Waals surface area contributed by atoms with Gasteiger partial charge in [0.05, 0.1) is 22.8 Å². The Kier molecular flexibility index (Phi) is 8.43. The predicted molar refractivity (Wildman–Crippen MR) is 216 cm³/mol. The molecule has 9 heteroatoms. The van der Waals surface area contributed by atoms with Crippen molar-refractivity contribution >= 4 is 69.1 Å². The number of rotatable bonds is 4. The average Bonchev–Trinajstić information content (AvgIpc) is 3.99. The fraction of sp³-hybridized carbons (Fsp3) is 0. The molecule has 53 heavy (non-hydrogen) atoms. The van der Waals surface area contributed by atoms with Crippen LogP contribution in [0.2, 0.25) is 0 Å². The number of nitrogens with two attached hydrogens (primary N) is 4. The van der Waals surface area contributed by atoms with E-state index in [1.807, 2.05) is 146 Å². The Bertz CT molecular complexity index is 2370. The molecule has 0 unspecified atom stereocenters. The Morgan fingerprint density at radius 1 is 0.302 bits per heavy atom. The number of fused-ring (bicyclic) bond motifs is 8. The van der Waals surface area contributed by atoms with Gasteiger partial charge in [-0.1, -0.05) is 72.8 Å². The van der Waals surface area contributed by atoms with E-state index in [0.29, 0.717) is 22.7 Å². The Hall–Kier alpha value is -6.80. The summed E-state index contributed by atoms with van der Waals surface area (Å²) in [5.41, 5.74) is 40.7. The second-order valence-corrected chi connectivity index (χ2v) is 12.9. The van der Waals surface area contributed by atoms with Crippen molar-refractivity contribution in [2.45, 2.75) is 0 Å². The molecule has 2 aliphatic heterocycles. The molecule has 8 bridgehead atoms. The van der Waals surface area contributed by atoms with Crippen molar-refractivity contribution in [3.05, 3.63) is 144 Å². The van der Waals surface area contributed by atoms with Crippen molar-refractivity contribution in [2.75, 3.05) is 22.9 Å². The molecule has 0 aliphatic carbocycles. The molecule has 0 fully saturated rings. The first-order valence-electron chi connectivity index (χ1n) is 16.9. The number of nitrogen functional groups attached to an aromatic ring is 4. The molecule has 2 aliphatic rings. The summed E-state index contributed by atoms with van der Waals surface area (Å²) in [6.07, 6.45) is 8.15. The van der Waals surface area contributed by atoms with E-state index >= 15 is 0 Å². The zero-order chi connectivity index (χ0) is 35.3. The number of anilines is 4. The van der Waals surface area contributed by atoms with Gasteiger partial charge in [-0.3, -0.25) is 0 Å². The van der Waals surface area contributed by atoms with Crippen LogP contribution in [0.5, 0.6) is 0 Å². The second-order valence-electron chi connectivity index (χ2n) is 12.9. The van der Waals surface area contributed by atoms with Crippen molar-refractivity contribution in [1.29, 1.82) is 0 Å². The van der Waals surface area contributed by atoms with E-state index in [0.717, 1.165) is 89.4 Å². The van der Waals surface area contributed by atoms with Crippen LogP contribution in [0.15, 0.2) is 121 Å². The summed E-state index contributed by atoms with van der Waals surface area (Å²) in [7, 11) is 0. The molecule has 0 amide bonds. The van der Waals surface area contributed by atoms with Gasteiger partial charge >= 0.3 is 17.1 Å². The zero-order valence-electron chi connectivity index (χ0n) is 28.3. The van der Waals surface area contributed by atoms with Crippen LogP contribution < -0.4 is 32.9 Å². The topological polar surface area (TPSA) is 158 Å². The van der Waals surface area contributed by atoms with E-state index in [4.69, 9.17) is 42.9 Å². The van der Waals surface area contributed by atoms with Crippen LogP contribution in [-0.2, 0) is 17.1 Å². The smallest absolute Gasteiger partial charge is 0.657 e. The molecule has 3 aromatic heterocycles. The van der Waals surface area contributed by atoms with E-state index in [2.05, 4.69) is 0 Å². The predicted octanol–water partition coefficient (Wildman–Crippen LogP) is 8.91. The fourth-order valence-corrected chi connectivity index (χ4v) is 6.87. The third kappa shape index (κ3) is 6.14. The summed E-state index contributed by atoms with van der Waals surface area (Å²) in [5, 5.41) is 0. The average molecular weight is 728 g/mol. The van der Waals surface area contributed by atoms with Gasteiger partial charge in [0.15, 0.2) is 0 Å². The van der Waals surface area contributed by atoms with Crippen LogP contribution >= 0.6 is 0 Å². The van der Waals surface area contributed by atoms with Crippen molar-refractivity contribution in [3.63, 3.8) is 0 Å². The molecule has 8 N–H and O–H groups in total. The van der Waals surface area contributed by atoms with Crippen molar-refractivity contribution in [2.24, 2.45) is 0 Å². The minimum Gasteiger partial charge on any atom is -0.657 e. The van der Waals surface area contributed by atoms with Crippen LogP contribution in [0.4, 0.5) is 22.7 Å². The van der Waals surface area contributed by atoms with Crippen LogP contribution in [0, 0.1) is 0 Å². The molecule has 0 atom stereocenters. The van der Waals surface area contributed by atoms with Crippen molar-refractivity contribution < 1.29 is 17.1 Å². The van der Waals surface area contributed by atoms with Gasteiger partial charge in [-0.05, 0) is 117 Å². The maximum Gasteiger partial charge on any atom is 2.00 e. The second kappa shape index (κ2) is 13.4. The molecule has 5 heterocycles. The summed E-state index contributed by atoms with van der Waals surface area (Å²) in [5.74, 6) is 0. The summed E-state index contributed by atoms with van der Waals surface area (Å²) >= 11 is 0.